The van der Waals surface area contributed by atoms with Gasteiger partial charge in [-0.1, -0.05) is 26.7 Å². The van der Waals surface area contributed by atoms with Crippen molar-refractivity contribution in [3.05, 3.63) is 0 Å². The van der Waals surface area contributed by atoms with E-state index in [-0.39, 0.29) is 6.03 Å². The Morgan fingerprint density at radius 1 is 0.909 bits per heavy atom. The maximum Gasteiger partial charge on any atom is 0.317 e. The third-order valence-electron chi connectivity index (χ3n) is 6.42. The van der Waals surface area contributed by atoms with Crippen LogP contribution in [-0.4, -0.2) is 54.1 Å². The van der Waals surface area contributed by atoms with Crippen LogP contribution < -0.4 is 5.32 Å². The van der Waals surface area contributed by atoms with Crippen molar-refractivity contribution in [2.75, 3.05) is 26.2 Å². The van der Waals surface area contributed by atoms with Gasteiger partial charge >= 0.3 is 6.03 Å². The number of rotatable bonds is 2. The standard InChI is InChI=1S/C18H33N3O/c1-14-6-5-7-17(15(14)2)19-18(22)21-12-8-16(9-13-21)20-10-3-4-11-20/h14-17H,3-13H2,1-2H3,(H,19,22). The summed E-state index contributed by atoms with van der Waals surface area (Å²) in [6.45, 7) is 9.04. The van der Waals surface area contributed by atoms with Gasteiger partial charge in [-0.05, 0) is 57.0 Å². The monoisotopic (exact) mass is 307 g/mol. The summed E-state index contributed by atoms with van der Waals surface area (Å²) in [5.41, 5.74) is 0. The molecule has 1 aliphatic carbocycles. The smallest absolute Gasteiger partial charge is 0.317 e. The van der Waals surface area contributed by atoms with Gasteiger partial charge in [-0.2, -0.15) is 0 Å². The van der Waals surface area contributed by atoms with Gasteiger partial charge in [0, 0.05) is 25.2 Å². The molecule has 2 saturated heterocycles. The summed E-state index contributed by atoms with van der Waals surface area (Å²) >= 11 is 0. The Labute approximate surface area is 135 Å². The Kier molecular flexibility index (Phi) is 5.27. The van der Waals surface area contributed by atoms with Gasteiger partial charge in [-0.15, -0.1) is 0 Å². The zero-order chi connectivity index (χ0) is 15.5. The number of carbonyl (C=O) groups is 1. The summed E-state index contributed by atoms with van der Waals surface area (Å²) in [6, 6.07) is 1.29. The van der Waals surface area contributed by atoms with Crippen LogP contribution in [0.25, 0.3) is 0 Å². The summed E-state index contributed by atoms with van der Waals surface area (Å²) < 4.78 is 0. The first-order valence-electron chi connectivity index (χ1n) is 9.44. The molecular weight excluding hydrogens is 274 g/mol. The molecule has 3 unspecified atom stereocenters. The Balaban J connectivity index is 1.45. The molecule has 22 heavy (non-hydrogen) atoms. The van der Waals surface area contributed by atoms with Crippen molar-refractivity contribution in [3.63, 3.8) is 0 Å². The normalized spacial score (nSPS) is 34.8. The minimum Gasteiger partial charge on any atom is -0.335 e. The van der Waals surface area contributed by atoms with E-state index in [4.69, 9.17) is 0 Å². The summed E-state index contributed by atoms with van der Waals surface area (Å²) in [5.74, 6) is 1.35. The molecule has 0 spiro atoms. The Morgan fingerprint density at radius 2 is 1.59 bits per heavy atom. The van der Waals surface area contributed by atoms with Crippen molar-refractivity contribution >= 4 is 6.03 Å². The van der Waals surface area contributed by atoms with E-state index in [1.165, 1.54) is 38.8 Å². The fourth-order valence-corrected chi connectivity index (χ4v) is 4.58. The molecule has 3 aliphatic rings. The Morgan fingerprint density at radius 3 is 2.27 bits per heavy atom. The zero-order valence-electron chi connectivity index (χ0n) is 14.4. The number of hydrogen-bond donors (Lipinski definition) is 1. The first kappa shape index (κ1) is 16.1. The number of nitrogens with one attached hydrogen (secondary N) is 1. The zero-order valence-corrected chi connectivity index (χ0v) is 14.4. The van der Waals surface area contributed by atoms with Crippen molar-refractivity contribution in [2.45, 2.75) is 70.9 Å². The van der Waals surface area contributed by atoms with Gasteiger partial charge in [0.2, 0.25) is 0 Å². The van der Waals surface area contributed by atoms with Gasteiger partial charge < -0.3 is 15.1 Å². The predicted molar refractivity (Wildman–Crippen MR) is 89.9 cm³/mol. The van der Waals surface area contributed by atoms with E-state index >= 15 is 0 Å². The summed E-state index contributed by atoms with van der Waals surface area (Å²) in [7, 11) is 0. The van der Waals surface area contributed by atoms with Gasteiger partial charge in [0.05, 0.1) is 0 Å². The first-order chi connectivity index (χ1) is 10.6. The van der Waals surface area contributed by atoms with Crippen LogP contribution in [0.2, 0.25) is 0 Å². The molecule has 3 fully saturated rings. The van der Waals surface area contributed by atoms with Crippen molar-refractivity contribution in [1.82, 2.24) is 15.1 Å². The van der Waals surface area contributed by atoms with E-state index in [2.05, 4.69) is 29.0 Å². The van der Waals surface area contributed by atoms with Gasteiger partial charge in [0.25, 0.3) is 0 Å². The minimum atomic E-state index is 0.186. The van der Waals surface area contributed by atoms with Crippen LogP contribution in [0, 0.1) is 11.8 Å². The number of hydrogen-bond acceptors (Lipinski definition) is 2. The molecule has 2 aliphatic heterocycles. The van der Waals surface area contributed by atoms with Crippen molar-refractivity contribution < 1.29 is 4.79 Å². The van der Waals surface area contributed by atoms with Crippen molar-refractivity contribution in [3.8, 4) is 0 Å². The van der Waals surface area contributed by atoms with E-state index in [0.29, 0.717) is 12.0 Å². The molecule has 2 heterocycles. The highest BCUT2D eigenvalue weighted by atomic mass is 16.2. The molecule has 0 aromatic carbocycles. The summed E-state index contributed by atoms with van der Waals surface area (Å²) in [5, 5.41) is 3.33. The van der Waals surface area contributed by atoms with Crippen LogP contribution in [0.5, 0.6) is 0 Å². The second-order valence-corrected chi connectivity index (χ2v) is 7.78. The van der Waals surface area contributed by atoms with Crippen molar-refractivity contribution in [1.29, 1.82) is 0 Å². The number of nitrogens with zero attached hydrogens (tertiary/aromatic N) is 2. The number of amides is 2. The van der Waals surface area contributed by atoms with Crippen LogP contribution in [0.3, 0.4) is 0 Å². The van der Waals surface area contributed by atoms with Crippen LogP contribution in [0.15, 0.2) is 0 Å². The molecule has 126 valence electrons. The molecule has 3 rings (SSSR count). The molecule has 0 bridgehead atoms. The second-order valence-electron chi connectivity index (χ2n) is 7.78. The second kappa shape index (κ2) is 7.20. The van der Waals surface area contributed by atoms with Crippen LogP contribution >= 0.6 is 0 Å². The molecule has 0 aromatic rings. The SMILES string of the molecule is CC1CCCC(NC(=O)N2CCC(N3CCCC3)CC2)C1C. The van der Waals surface area contributed by atoms with Gasteiger partial charge in [0.1, 0.15) is 0 Å². The van der Waals surface area contributed by atoms with Crippen LogP contribution in [0.1, 0.15) is 58.8 Å². The number of piperidine rings is 1. The largest absolute Gasteiger partial charge is 0.335 e. The van der Waals surface area contributed by atoms with Gasteiger partial charge in [-0.3, -0.25) is 0 Å². The lowest BCUT2D eigenvalue weighted by molar-refractivity contribution is 0.125. The third kappa shape index (κ3) is 3.58. The highest BCUT2D eigenvalue weighted by Gasteiger charge is 2.32. The molecule has 1 N–H and O–H groups in total. The Hall–Kier alpha value is -0.770. The fourth-order valence-electron chi connectivity index (χ4n) is 4.58. The molecule has 0 aromatic heterocycles. The summed E-state index contributed by atoms with van der Waals surface area (Å²) in [6.07, 6.45) is 8.76. The van der Waals surface area contributed by atoms with Crippen LogP contribution in [-0.2, 0) is 0 Å². The maximum absolute atomic E-state index is 12.5. The first-order valence-corrected chi connectivity index (χ1v) is 9.44. The van der Waals surface area contributed by atoms with Crippen LogP contribution in [0.4, 0.5) is 4.79 Å². The number of carbonyl (C=O) groups excluding carboxylic acids is 1. The fraction of sp³-hybridized carbons (Fsp3) is 0.944. The molecular formula is C18H33N3O. The lowest BCUT2D eigenvalue weighted by atomic mass is 9.78. The topological polar surface area (TPSA) is 35.6 Å². The number of urea groups is 1. The average Bonchev–Trinajstić information content (AvgIpc) is 3.06. The van der Waals surface area contributed by atoms with E-state index in [1.807, 2.05) is 0 Å². The maximum atomic E-state index is 12.5. The molecule has 0 radical (unpaired) electrons. The van der Waals surface area contributed by atoms with E-state index < -0.39 is 0 Å². The highest BCUT2D eigenvalue weighted by molar-refractivity contribution is 5.74. The average molecular weight is 307 g/mol. The van der Waals surface area contributed by atoms with Gasteiger partial charge in [-0.25, -0.2) is 4.79 Å². The summed E-state index contributed by atoms with van der Waals surface area (Å²) in [4.78, 5) is 17.2. The van der Waals surface area contributed by atoms with E-state index in [9.17, 15) is 4.79 Å². The molecule has 1 saturated carbocycles. The third-order valence-corrected chi connectivity index (χ3v) is 6.42. The number of likely N-dealkylation sites (tertiary alicyclic amines) is 2. The Bertz CT molecular complexity index is 373. The molecule has 4 heteroatoms. The molecule has 2 amide bonds. The highest BCUT2D eigenvalue weighted by Crippen LogP contribution is 2.29. The molecule has 3 atom stereocenters. The quantitative estimate of drug-likeness (QED) is 0.851. The predicted octanol–water partition coefficient (Wildman–Crippen LogP) is 3.08. The minimum absolute atomic E-state index is 0.186. The van der Waals surface area contributed by atoms with E-state index in [1.54, 1.807) is 0 Å². The molecule has 4 nitrogen and oxygen atoms in total. The van der Waals surface area contributed by atoms with E-state index in [0.717, 1.165) is 44.3 Å². The van der Waals surface area contributed by atoms with Gasteiger partial charge in [0.15, 0.2) is 0 Å². The van der Waals surface area contributed by atoms with Crippen molar-refractivity contribution in [2.24, 2.45) is 11.8 Å². The lowest BCUT2D eigenvalue weighted by Crippen LogP contribution is -2.53. The lowest BCUT2D eigenvalue weighted by Gasteiger charge is -2.39.